The Balaban J connectivity index is 2.51. The van der Waals surface area contributed by atoms with Crippen LogP contribution in [-0.2, 0) is 0 Å². The number of halogens is 1. The van der Waals surface area contributed by atoms with Crippen LogP contribution < -0.4 is 0 Å². The van der Waals surface area contributed by atoms with Gasteiger partial charge in [0.15, 0.2) is 5.78 Å². The summed E-state index contributed by atoms with van der Waals surface area (Å²) in [6.45, 7) is 3.50. The summed E-state index contributed by atoms with van der Waals surface area (Å²) in [5.41, 5.74) is 2.75. The van der Waals surface area contributed by atoms with Gasteiger partial charge in [-0.2, -0.15) is 0 Å². The molecule has 0 atom stereocenters. The maximum atomic E-state index is 11.6. The van der Waals surface area contributed by atoms with Gasteiger partial charge in [0.2, 0.25) is 0 Å². The van der Waals surface area contributed by atoms with E-state index in [0.29, 0.717) is 5.56 Å². The van der Waals surface area contributed by atoms with Crippen LogP contribution in [0.1, 0.15) is 10.4 Å². The van der Waals surface area contributed by atoms with Crippen molar-refractivity contribution in [2.75, 3.05) is 0 Å². The highest BCUT2D eigenvalue weighted by Crippen LogP contribution is 2.28. The summed E-state index contributed by atoms with van der Waals surface area (Å²) >= 11 is 3.51. The topological polar surface area (TPSA) is 17.1 Å². The number of allylic oxidation sites excluding steroid dienone is 1. The number of hydrogen-bond donors (Lipinski definition) is 0. The molecule has 0 spiro atoms. The van der Waals surface area contributed by atoms with Crippen LogP contribution in [0, 0.1) is 0 Å². The second-order valence-electron chi connectivity index (χ2n) is 3.63. The summed E-state index contributed by atoms with van der Waals surface area (Å²) in [5.74, 6) is -0.0566. The molecule has 2 aromatic carbocycles. The zero-order valence-electron chi connectivity index (χ0n) is 9.19. The molecule has 0 aliphatic rings. The Bertz CT molecular complexity index is 573. The normalized spacial score (nSPS) is 9.94. The second-order valence-corrected chi connectivity index (χ2v) is 4.48. The minimum atomic E-state index is -0.0566. The SMILES string of the molecule is C=CC(=O)c1cccc(-c2ccccc2Br)c1. The standard InChI is InChI=1S/C15H11BrO/c1-2-15(17)12-7-5-6-11(10-12)13-8-3-4-9-14(13)16/h2-10H,1H2. The third kappa shape index (κ3) is 2.53. The molecular formula is C15H11BrO. The molecule has 0 amide bonds. The summed E-state index contributed by atoms with van der Waals surface area (Å²) < 4.78 is 1.02. The summed E-state index contributed by atoms with van der Waals surface area (Å²) in [5, 5.41) is 0. The van der Waals surface area contributed by atoms with Crippen LogP contribution in [0.3, 0.4) is 0 Å². The molecule has 0 saturated heterocycles. The lowest BCUT2D eigenvalue weighted by Gasteiger charge is -2.05. The fourth-order valence-corrected chi connectivity index (χ4v) is 2.17. The van der Waals surface area contributed by atoms with Gasteiger partial charge in [0, 0.05) is 10.0 Å². The lowest BCUT2D eigenvalue weighted by molar-refractivity contribution is 0.104. The molecule has 0 unspecified atom stereocenters. The highest BCUT2D eigenvalue weighted by molar-refractivity contribution is 9.10. The molecule has 0 aliphatic carbocycles. The van der Waals surface area contributed by atoms with Crippen LogP contribution in [0.25, 0.3) is 11.1 Å². The lowest BCUT2D eigenvalue weighted by Crippen LogP contribution is -1.93. The first-order valence-corrected chi connectivity index (χ1v) is 6.03. The van der Waals surface area contributed by atoms with E-state index in [2.05, 4.69) is 22.5 Å². The second kappa shape index (κ2) is 5.11. The smallest absolute Gasteiger partial charge is 0.185 e. The number of carbonyl (C=O) groups is 1. The van der Waals surface area contributed by atoms with Crippen molar-refractivity contribution in [1.82, 2.24) is 0 Å². The Kier molecular flexibility index (Phi) is 3.55. The van der Waals surface area contributed by atoms with Gasteiger partial charge >= 0.3 is 0 Å². The predicted molar refractivity (Wildman–Crippen MR) is 74.1 cm³/mol. The lowest BCUT2D eigenvalue weighted by atomic mass is 10.0. The minimum absolute atomic E-state index is 0.0566. The van der Waals surface area contributed by atoms with Crippen LogP contribution in [0.4, 0.5) is 0 Å². The number of rotatable bonds is 3. The zero-order valence-corrected chi connectivity index (χ0v) is 10.8. The molecule has 0 fully saturated rings. The zero-order chi connectivity index (χ0) is 12.3. The van der Waals surface area contributed by atoms with Gasteiger partial charge in [-0.3, -0.25) is 4.79 Å². The Hall–Kier alpha value is -1.67. The van der Waals surface area contributed by atoms with Crippen molar-refractivity contribution in [1.29, 1.82) is 0 Å². The predicted octanol–water partition coefficient (Wildman–Crippen LogP) is 4.48. The van der Waals surface area contributed by atoms with E-state index in [9.17, 15) is 4.79 Å². The van der Waals surface area contributed by atoms with Crippen LogP contribution in [0.5, 0.6) is 0 Å². The van der Waals surface area contributed by atoms with Crippen molar-refractivity contribution in [3.05, 3.63) is 71.2 Å². The maximum absolute atomic E-state index is 11.6. The largest absolute Gasteiger partial charge is 0.289 e. The molecule has 2 rings (SSSR count). The number of ketones is 1. The van der Waals surface area contributed by atoms with Gasteiger partial charge in [0.05, 0.1) is 0 Å². The first-order valence-electron chi connectivity index (χ1n) is 5.24. The molecule has 2 heteroatoms. The average molecular weight is 287 g/mol. The maximum Gasteiger partial charge on any atom is 0.185 e. The van der Waals surface area contributed by atoms with Crippen molar-refractivity contribution in [3.8, 4) is 11.1 Å². The molecule has 1 nitrogen and oxygen atoms in total. The quantitative estimate of drug-likeness (QED) is 0.600. The van der Waals surface area contributed by atoms with E-state index in [-0.39, 0.29) is 5.78 Å². The van der Waals surface area contributed by atoms with E-state index in [4.69, 9.17) is 0 Å². The molecule has 0 N–H and O–H groups in total. The molecular weight excluding hydrogens is 276 g/mol. The number of hydrogen-bond acceptors (Lipinski definition) is 1. The van der Waals surface area contributed by atoms with E-state index < -0.39 is 0 Å². The molecule has 0 saturated carbocycles. The fraction of sp³-hybridized carbons (Fsp3) is 0. The Morgan fingerprint density at radius 2 is 1.88 bits per heavy atom. The molecule has 2 aromatic rings. The van der Waals surface area contributed by atoms with Crippen molar-refractivity contribution in [2.24, 2.45) is 0 Å². The van der Waals surface area contributed by atoms with Gasteiger partial charge in [-0.05, 0) is 29.3 Å². The average Bonchev–Trinajstić information content (AvgIpc) is 2.38. The van der Waals surface area contributed by atoms with Crippen molar-refractivity contribution < 1.29 is 4.79 Å². The number of benzene rings is 2. The van der Waals surface area contributed by atoms with Crippen LogP contribution in [0.2, 0.25) is 0 Å². The van der Waals surface area contributed by atoms with Crippen LogP contribution >= 0.6 is 15.9 Å². The van der Waals surface area contributed by atoms with Crippen molar-refractivity contribution in [2.45, 2.75) is 0 Å². The van der Waals surface area contributed by atoms with E-state index in [1.54, 1.807) is 6.07 Å². The molecule has 0 radical (unpaired) electrons. The third-order valence-corrected chi connectivity index (χ3v) is 3.21. The first kappa shape index (κ1) is 11.8. The molecule has 0 heterocycles. The van der Waals surface area contributed by atoms with Crippen molar-refractivity contribution >= 4 is 21.7 Å². The summed E-state index contributed by atoms with van der Waals surface area (Å²) in [7, 11) is 0. The van der Waals surface area contributed by atoms with Gasteiger partial charge in [-0.15, -0.1) is 0 Å². The fourth-order valence-electron chi connectivity index (χ4n) is 1.65. The molecule has 17 heavy (non-hydrogen) atoms. The molecule has 84 valence electrons. The van der Waals surface area contributed by atoms with Crippen LogP contribution in [0.15, 0.2) is 65.7 Å². The van der Waals surface area contributed by atoms with Crippen LogP contribution in [-0.4, -0.2) is 5.78 Å². The van der Waals surface area contributed by atoms with E-state index in [0.717, 1.165) is 15.6 Å². The number of carbonyl (C=O) groups excluding carboxylic acids is 1. The minimum Gasteiger partial charge on any atom is -0.289 e. The van der Waals surface area contributed by atoms with E-state index in [1.807, 2.05) is 42.5 Å². The Morgan fingerprint density at radius 3 is 2.59 bits per heavy atom. The molecule has 0 aliphatic heterocycles. The first-order chi connectivity index (χ1) is 8.22. The summed E-state index contributed by atoms with van der Waals surface area (Å²) in [6, 6.07) is 15.5. The third-order valence-electron chi connectivity index (χ3n) is 2.52. The van der Waals surface area contributed by atoms with Gasteiger partial charge in [0.25, 0.3) is 0 Å². The van der Waals surface area contributed by atoms with Gasteiger partial charge in [-0.25, -0.2) is 0 Å². The molecule has 0 bridgehead atoms. The highest BCUT2D eigenvalue weighted by Gasteiger charge is 2.05. The Labute approximate surface area is 109 Å². The Morgan fingerprint density at radius 1 is 1.12 bits per heavy atom. The molecule has 0 aromatic heterocycles. The van der Waals surface area contributed by atoms with E-state index >= 15 is 0 Å². The highest BCUT2D eigenvalue weighted by atomic mass is 79.9. The van der Waals surface area contributed by atoms with E-state index in [1.165, 1.54) is 6.08 Å². The monoisotopic (exact) mass is 286 g/mol. The summed E-state index contributed by atoms with van der Waals surface area (Å²) in [6.07, 6.45) is 1.33. The summed E-state index contributed by atoms with van der Waals surface area (Å²) in [4.78, 5) is 11.6. The van der Waals surface area contributed by atoms with Crippen molar-refractivity contribution in [3.63, 3.8) is 0 Å². The van der Waals surface area contributed by atoms with Gasteiger partial charge in [-0.1, -0.05) is 58.9 Å². The van der Waals surface area contributed by atoms with Gasteiger partial charge in [0.1, 0.15) is 0 Å². The van der Waals surface area contributed by atoms with Gasteiger partial charge < -0.3 is 0 Å².